The van der Waals surface area contributed by atoms with E-state index in [9.17, 15) is 4.39 Å². The molecule has 0 bridgehead atoms. The first-order valence-electron chi connectivity index (χ1n) is 9.67. The van der Waals surface area contributed by atoms with Crippen LogP contribution in [0.4, 0.5) is 4.39 Å². The Labute approximate surface area is 165 Å². The van der Waals surface area contributed by atoms with E-state index in [1.165, 1.54) is 12.1 Å². The molecule has 3 rings (SSSR count). The maximum absolute atomic E-state index is 13.0. The van der Waals surface area contributed by atoms with E-state index < -0.39 is 0 Å². The highest BCUT2D eigenvalue weighted by molar-refractivity contribution is 5.44. The zero-order valence-electron chi connectivity index (χ0n) is 16.7. The third kappa shape index (κ3) is 5.22. The van der Waals surface area contributed by atoms with Gasteiger partial charge in [0.2, 0.25) is 0 Å². The number of methoxy groups -OCH3 is 1. The summed E-state index contributed by atoms with van der Waals surface area (Å²) in [6.07, 6.45) is 2.67. The van der Waals surface area contributed by atoms with Crippen LogP contribution in [0.25, 0.3) is 0 Å². The maximum atomic E-state index is 13.0. The number of hydroxylamine groups is 2. The van der Waals surface area contributed by atoms with Gasteiger partial charge in [0.1, 0.15) is 12.4 Å². The minimum absolute atomic E-state index is 0.0895. The fourth-order valence-electron chi connectivity index (χ4n) is 3.19. The maximum Gasteiger partial charge on any atom is 0.179 e. The fourth-order valence-corrected chi connectivity index (χ4v) is 3.19. The molecule has 2 aromatic rings. The van der Waals surface area contributed by atoms with Gasteiger partial charge in [-0.1, -0.05) is 31.5 Å². The Hall–Kier alpha value is -2.15. The Bertz CT molecular complexity index is 753. The van der Waals surface area contributed by atoms with Crippen molar-refractivity contribution in [1.29, 1.82) is 0 Å². The molecule has 1 saturated heterocycles. The van der Waals surface area contributed by atoms with Gasteiger partial charge in [0, 0.05) is 20.1 Å². The van der Waals surface area contributed by atoms with Gasteiger partial charge >= 0.3 is 0 Å². The first-order chi connectivity index (χ1) is 13.6. The number of unbranched alkanes of at least 4 members (excludes halogenated alkanes) is 1. The highest BCUT2D eigenvalue weighted by Gasteiger charge is 2.33. The van der Waals surface area contributed by atoms with Crippen molar-refractivity contribution in [3.05, 3.63) is 59.4 Å². The Balaban J connectivity index is 1.64. The summed E-state index contributed by atoms with van der Waals surface area (Å²) in [4.78, 5) is 5.80. The molecule has 1 heterocycles. The van der Waals surface area contributed by atoms with Gasteiger partial charge in [0.25, 0.3) is 0 Å². The van der Waals surface area contributed by atoms with Crippen LogP contribution in [0.2, 0.25) is 0 Å². The van der Waals surface area contributed by atoms with E-state index in [1.54, 1.807) is 19.2 Å². The molecule has 1 fully saturated rings. The molecule has 0 aliphatic carbocycles. The summed E-state index contributed by atoms with van der Waals surface area (Å²) in [6, 6.07) is 12.2. The van der Waals surface area contributed by atoms with Gasteiger partial charge in [0.05, 0.1) is 13.2 Å². The molecule has 0 radical (unpaired) electrons. The topological polar surface area (TPSA) is 40.2 Å². The van der Waals surface area contributed by atoms with Crippen molar-refractivity contribution in [2.24, 2.45) is 0 Å². The number of nitrogens with zero attached hydrogens (tertiary/aromatic N) is 1. The average molecular weight is 389 g/mol. The molecule has 0 unspecified atom stereocenters. The van der Waals surface area contributed by atoms with Crippen molar-refractivity contribution in [2.45, 2.75) is 45.1 Å². The molecule has 2 atom stereocenters. The Kier molecular flexibility index (Phi) is 7.25. The smallest absolute Gasteiger partial charge is 0.179 e. The highest BCUT2D eigenvalue weighted by Crippen LogP contribution is 2.37. The number of halogens is 1. The lowest BCUT2D eigenvalue weighted by Gasteiger charge is -2.19. The predicted molar refractivity (Wildman–Crippen MR) is 105 cm³/mol. The highest BCUT2D eigenvalue weighted by atomic mass is 19.1. The van der Waals surface area contributed by atoms with E-state index in [0.717, 1.165) is 30.4 Å². The van der Waals surface area contributed by atoms with Crippen LogP contribution in [-0.4, -0.2) is 32.1 Å². The molecule has 0 spiro atoms. The van der Waals surface area contributed by atoms with Crippen molar-refractivity contribution < 1.29 is 23.4 Å². The largest absolute Gasteiger partial charge is 0.493 e. The predicted octanol–water partition coefficient (Wildman–Crippen LogP) is 4.86. The van der Waals surface area contributed by atoms with Crippen molar-refractivity contribution in [2.75, 3.05) is 20.8 Å². The Morgan fingerprint density at radius 3 is 2.64 bits per heavy atom. The molecule has 6 heteroatoms. The zero-order valence-corrected chi connectivity index (χ0v) is 16.7. The summed E-state index contributed by atoms with van der Waals surface area (Å²) < 4.78 is 30.2. The van der Waals surface area contributed by atoms with Crippen LogP contribution in [0.15, 0.2) is 42.5 Å². The van der Waals surface area contributed by atoms with Gasteiger partial charge in [-0.2, -0.15) is 5.06 Å². The molecule has 0 N–H and O–H groups in total. The number of benzene rings is 2. The fraction of sp³-hybridized carbons (Fsp3) is 0.455. The lowest BCUT2D eigenvalue weighted by Crippen LogP contribution is -2.18. The molecule has 2 aromatic carbocycles. The van der Waals surface area contributed by atoms with Crippen LogP contribution in [0.5, 0.6) is 11.5 Å². The van der Waals surface area contributed by atoms with E-state index in [2.05, 4.69) is 6.92 Å². The van der Waals surface area contributed by atoms with E-state index in [-0.39, 0.29) is 18.1 Å². The SMILES string of the molecule is CCCCO[C@@H]1C[C@H](c2ccc(OCc3ccc(F)cc3)c(OC)c2)N(C)O1. The lowest BCUT2D eigenvalue weighted by atomic mass is 10.0. The molecule has 28 heavy (non-hydrogen) atoms. The van der Waals surface area contributed by atoms with Crippen LogP contribution < -0.4 is 9.47 Å². The van der Waals surface area contributed by atoms with Crippen LogP contribution >= 0.6 is 0 Å². The third-order valence-corrected chi connectivity index (χ3v) is 4.82. The average Bonchev–Trinajstić information content (AvgIpc) is 3.08. The van der Waals surface area contributed by atoms with Gasteiger partial charge < -0.3 is 14.2 Å². The first kappa shape index (κ1) is 20.6. The summed E-state index contributed by atoms with van der Waals surface area (Å²) in [7, 11) is 3.54. The Morgan fingerprint density at radius 1 is 1.14 bits per heavy atom. The van der Waals surface area contributed by atoms with Gasteiger partial charge in [-0.25, -0.2) is 4.39 Å². The molecule has 152 valence electrons. The first-order valence-corrected chi connectivity index (χ1v) is 9.67. The van der Waals surface area contributed by atoms with Gasteiger partial charge in [0.15, 0.2) is 17.8 Å². The molecule has 0 aromatic heterocycles. The quantitative estimate of drug-likeness (QED) is 0.573. The second-order valence-electron chi connectivity index (χ2n) is 6.88. The summed E-state index contributed by atoms with van der Waals surface area (Å²) >= 11 is 0. The summed E-state index contributed by atoms with van der Waals surface area (Å²) in [5, 5.41) is 1.84. The zero-order chi connectivity index (χ0) is 19.9. The van der Waals surface area contributed by atoms with Crippen molar-refractivity contribution in [1.82, 2.24) is 5.06 Å². The minimum Gasteiger partial charge on any atom is -0.493 e. The summed E-state index contributed by atoms with van der Waals surface area (Å²) in [5.41, 5.74) is 1.97. The van der Waals surface area contributed by atoms with E-state index in [1.807, 2.05) is 30.3 Å². The summed E-state index contributed by atoms with van der Waals surface area (Å²) in [6.45, 7) is 3.19. The van der Waals surface area contributed by atoms with Crippen molar-refractivity contribution in [3.63, 3.8) is 0 Å². The van der Waals surface area contributed by atoms with Crippen LogP contribution in [0.1, 0.15) is 43.4 Å². The molecule has 0 saturated carbocycles. The molecule has 5 nitrogen and oxygen atoms in total. The second-order valence-corrected chi connectivity index (χ2v) is 6.88. The summed E-state index contributed by atoms with van der Waals surface area (Å²) in [5.74, 6) is 1.04. The monoisotopic (exact) mass is 389 g/mol. The second kappa shape index (κ2) is 9.87. The van der Waals surface area contributed by atoms with Gasteiger partial charge in [-0.15, -0.1) is 0 Å². The number of rotatable bonds is 9. The normalized spacial score (nSPS) is 19.7. The van der Waals surface area contributed by atoms with E-state index >= 15 is 0 Å². The molecule has 1 aliphatic heterocycles. The Morgan fingerprint density at radius 2 is 1.93 bits per heavy atom. The molecular formula is C22H28FNO4. The molecule has 0 amide bonds. The van der Waals surface area contributed by atoms with E-state index in [4.69, 9.17) is 19.0 Å². The number of hydrogen-bond acceptors (Lipinski definition) is 5. The molecular weight excluding hydrogens is 361 g/mol. The van der Waals surface area contributed by atoms with Crippen molar-refractivity contribution >= 4 is 0 Å². The van der Waals surface area contributed by atoms with Gasteiger partial charge in [-0.3, -0.25) is 4.84 Å². The number of hydrogen-bond donors (Lipinski definition) is 0. The van der Waals surface area contributed by atoms with E-state index in [0.29, 0.717) is 24.7 Å². The van der Waals surface area contributed by atoms with Crippen LogP contribution in [-0.2, 0) is 16.2 Å². The van der Waals surface area contributed by atoms with Crippen LogP contribution in [0, 0.1) is 5.82 Å². The van der Waals surface area contributed by atoms with Crippen molar-refractivity contribution in [3.8, 4) is 11.5 Å². The van der Waals surface area contributed by atoms with Crippen LogP contribution in [0.3, 0.4) is 0 Å². The standard InChI is InChI=1S/C22H28FNO4/c1-4-5-12-26-22-14-19(24(2)28-22)17-8-11-20(21(13-17)25-3)27-15-16-6-9-18(23)10-7-16/h6-11,13,19,22H,4-5,12,14-15H2,1-3H3/t19-,22+/m1/s1. The third-order valence-electron chi connectivity index (χ3n) is 4.82. The lowest BCUT2D eigenvalue weighted by molar-refractivity contribution is -0.229. The number of ether oxygens (including phenoxy) is 3. The minimum atomic E-state index is -0.259. The van der Waals surface area contributed by atoms with Gasteiger partial charge in [-0.05, 0) is 41.8 Å². The molecule has 1 aliphatic rings.